The van der Waals surface area contributed by atoms with Crippen LogP contribution in [0.15, 0.2) is 4.99 Å². The summed E-state index contributed by atoms with van der Waals surface area (Å²) in [5, 5.41) is 6.82. The number of ether oxygens (including phenoxy) is 1. The van der Waals surface area contributed by atoms with E-state index in [1.807, 2.05) is 0 Å². The minimum Gasteiger partial charge on any atom is -0.379 e. The van der Waals surface area contributed by atoms with Gasteiger partial charge in [-0.3, -0.25) is 10.3 Å². The van der Waals surface area contributed by atoms with E-state index in [0.717, 1.165) is 25.3 Å². The predicted octanol–water partition coefficient (Wildman–Crippen LogP) is 0.00270. The molecular formula is C10H19N3O. The molecule has 0 aromatic heterocycles. The molecule has 0 radical (unpaired) electrons. The first-order valence-electron chi connectivity index (χ1n) is 5.39. The number of nitrogens with one attached hydrogen (secondary N) is 2. The van der Waals surface area contributed by atoms with E-state index >= 15 is 0 Å². The second-order valence-electron chi connectivity index (χ2n) is 4.04. The third-order valence-corrected chi connectivity index (χ3v) is 2.98. The Balaban J connectivity index is 1.86. The maximum Gasteiger partial charge on any atom is 0.103 e. The SMILES string of the molecule is COCC1=NC(C2CCNCC2)NC1. The molecule has 1 atom stereocenters. The molecule has 0 aromatic rings. The van der Waals surface area contributed by atoms with E-state index in [-0.39, 0.29) is 0 Å². The predicted molar refractivity (Wildman–Crippen MR) is 56.7 cm³/mol. The van der Waals surface area contributed by atoms with Gasteiger partial charge in [-0.15, -0.1) is 0 Å². The number of methoxy groups -OCH3 is 1. The molecule has 2 heterocycles. The monoisotopic (exact) mass is 197 g/mol. The molecule has 2 aliphatic rings. The van der Waals surface area contributed by atoms with E-state index < -0.39 is 0 Å². The molecule has 1 unspecified atom stereocenters. The Morgan fingerprint density at radius 3 is 2.93 bits per heavy atom. The first-order chi connectivity index (χ1) is 6.90. The molecule has 0 aliphatic carbocycles. The second-order valence-corrected chi connectivity index (χ2v) is 4.04. The normalized spacial score (nSPS) is 29.2. The van der Waals surface area contributed by atoms with Crippen molar-refractivity contribution in [2.45, 2.75) is 19.0 Å². The van der Waals surface area contributed by atoms with Gasteiger partial charge in [-0.1, -0.05) is 0 Å². The largest absolute Gasteiger partial charge is 0.379 e. The Morgan fingerprint density at radius 1 is 1.43 bits per heavy atom. The summed E-state index contributed by atoms with van der Waals surface area (Å²) in [6.07, 6.45) is 2.82. The van der Waals surface area contributed by atoms with Crippen molar-refractivity contribution in [3.63, 3.8) is 0 Å². The standard InChI is InChI=1S/C10H19N3O/c1-14-7-9-6-12-10(13-9)8-2-4-11-5-3-8/h8,10-12H,2-7H2,1H3. The number of hydrogen-bond donors (Lipinski definition) is 2. The summed E-state index contributed by atoms with van der Waals surface area (Å²) >= 11 is 0. The minimum atomic E-state index is 0.349. The Labute approximate surface area is 85.1 Å². The van der Waals surface area contributed by atoms with Gasteiger partial charge in [0, 0.05) is 13.7 Å². The van der Waals surface area contributed by atoms with Crippen molar-refractivity contribution in [3.05, 3.63) is 0 Å². The van der Waals surface area contributed by atoms with Crippen molar-refractivity contribution < 1.29 is 4.74 Å². The molecule has 2 aliphatic heterocycles. The summed E-state index contributed by atoms with van der Waals surface area (Å²) in [4.78, 5) is 4.65. The lowest BCUT2D eigenvalue weighted by Gasteiger charge is -2.26. The van der Waals surface area contributed by atoms with E-state index in [0.29, 0.717) is 18.7 Å². The molecule has 0 bridgehead atoms. The van der Waals surface area contributed by atoms with Crippen LogP contribution in [0, 0.1) is 5.92 Å². The Morgan fingerprint density at radius 2 is 2.21 bits per heavy atom. The van der Waals surface area contributed by atoms with Gasteiger partial charge in [0.1, 0.15) is 6.17 Å². The van der Waals surface area contributed by atoms with E-state index in [4.69, 9.17) is 4.74 Å². The highest BCUT2D eigenvalue weighted by atomic mass is 16.5. The van der Waals surface area contributed by atoms with Crippen LogP contribution in [0.4, 0.5) is 0 Å². The molecule has 80 valence electrons. The number of nitrogens with zero attached hydrogens (tertiary/aromatic N) is 1. The van der Waals surface area contributed by atoms with Gasteiger partial charge in [-0.05, 0) is 31.8 Å². The lowest BCUT2D eigenvalue weighted by atomic mass is 9.95. The minimum absolute atomic E-state index is 0.349. The van der Waals surface area contributed by atoms with Crippen molar-refractivity contribution in [1.82, 2.24) is 10.6 Å². The van der Waals surface area contributed by atoms with Crippen LogP contribution in [0.3, 0.4) is 0 Å². The summed E-state index contributed by atoms with van der Waals surface area (Å²) in [5.74, 6) is 0.714. The average molecular weight is 197 g/mol. The molecule has 0 saturated carbocycles. The van der Waals surface area contributed by atoms with Gasteiger partial charge in [0.25, 0.3) is 0 Å². The van der Waals surface area contributed by atoms with E-state index in [9.17, 15) is 0 Å². The van der Waals surface area contributed by atoms with E-state index in [1.165, 1.54) is 12.8 Å². The van der Waals surface area contributed by atoms with Crippen LogP contribution in [0.1, 0.15) is 12.8 Å². The second kappa shape index (κ2) is 4.87. The van der Waals surface area contributed by atoms with Crippen molar-refractivity contribution in [2.75, 3.05) is 33.4 Å². The Kier molecular flexibility index (Phi) is 3.50. The van der Waals surface area contributed by atoms with Crippen molar-refractivity contribution in [1.29, 1.82) is 0 Å². The van der Waals surface area contributed by atoms with Gasteiger partial charge >= 0.3 is 0 Å². The molecular weight excluding hydrogens is 178 g/mol. The summed E-state index contributed by atoms with van der Waals surface area (Å²) in [6.45, 7) is 3.85. The topological polar surface area (TPSA) is 45.6 Å². The van der Waals surface area contributed by atoms with Crippen LogP contribution in [0.5, 0.6) is 0 Å². The lowest BCUT2D eigenvalue weighted by molar-refractivity contribution is 0.244. The van der Waals surface area contributed by atoms with Crippen LogP contribution < -0.4 is 10.6 Å². The Bertz CT molecular complexity index is 211. The molecule has 2 N–H and O–H groups in total. The maximum atomic E-state index is 5.08. The van der Waals surface area contributed by atoms with Crippen LogP contribution >= 0.6 is 0 Å². The first kappa shape index (κ1) is 10.1. The highest BCUT2D eigenvalue weighted by molar-refractivity contribution is 5.89. The van der Waals surface area contributed by atoms with Gasteiger partial charge < -0.3 is 10.1 Å². The van der Waals surface area contributed by atoms with Gasteiger partial charge in [-0.2, -0.15) is 0 Å². The van der Waals surface area contributed by atoms with E-state index in [1.54, 1.807) is 7.11 Å². The zero-order chi connectivity index (χ0) is 9.80. The lowest BCUT2D eigenvalue weighted by Crippen LogP contribution is -2.38. The number of aliphatic imine (C=N–C) groups is 1. The average Bonchev–Trinajstić information content (AvgIpc) is 2.68. The van der Waals surface area contributed by atoms with Crippen molar-refractivity contribution in [2.24, 2.45) is 10.9 Å². The fourth-order valence-electron chi connectivity index (χ4n) is 2.20. The first-order valence-corrected chi connectivity index (χ1v) is 5.39. The summed E-state index contributed by atoms with van der Waals surface area (Å²) < 4.78 is 5.08. The fraction of sp³-hybridized carbons (Fsp3) is 0.900. The van der Waals surface area contributed by atoms with E-state index in [2.05, 4.69) is 15.6 Å². The molecule has 0 amide bonds. The van der Waals surface area contributed by atoms with Crippen molar-refractivity contribution in [3.8, 4) is 0 Å². The zero-order valence-corrected chi connectivity index (χ0v) is 8.75. The molecule has 14 heavy (non-hydrogen) atoms. The van der Waals surface area contributed by atoms with Crippen LogP contribution in [0.2, 0.25) is 0 Å². The molecule has 4 nitrogen and oxygen atoms in total. The summed E-state index contributed by atoms with van der Waals surface area (Å²) in [7, 11) is 1.72. The maximum absolute atomic E-state index is 5.08. The fourth-order valence-corrected chi connectivity index (χ4v) is 2.20. The van der Waals surface area contributed by atoms with Crippen LogP contribution in [-0.4, -0.2) is 45.2 Å². The summed E-state index contributed by atoms with van der Waals surface area (Å²) in [6, 6.07) is 0. The smallest absolute Gasteiger partial charge is 0.103 e. The summed E-state index contributed by atoms with van der Waals surface area (Å²) in [5.41, 5.74) is 1.16. The highest BCUT2D eigenvalue weighted by Crippen LogP contribution is 2.19. The number of piperidine rings is 1. The molecule has 1 fully saturated rings. The Hall–Kier alpha value is -0.450. The quantitative estimate of drug-likeness (QED) is 0.669. The third-order valence-electron chi connectivity index (χ3n) is 2.98. The zero-order valence-electron chi connectivity index (χ0n) is 8.75. The molecule has 0 aromatic carbocycles. The third kappa shape index (κ3) is 2.32. The molecule has 4 heteroatoms. The van der Waals surface area contributed by atoms with Gasteiger partial charge in [0.2, 0.25) is 0 Å². The number of hydrogen-bond acceptors (Lipinski definition) is 4. The van der Waals surface area contributed by atoms with Gasteiger partial charge in [0.05, 0.1) is 12.3 Å². The molecule has 0 spiro atoms. The van der Waals surface area contributed by atoms with Gasteiger partial charge in [0.15, 0.2) is 0 Å². The van der Waals surface area contributed by atoms with Gasteiger partial charge in [-0.25, -0.2) is 0 Å². The highest BCUT2D eigenvalue weighted by Gasteiger charge is 2.26. The van der Waals surface area contributed by atoms with Crippen LogP contribution in [0.25, 0.3) is 0 Å². The molecule has 2 rings (SSSR count). The van der Waals surface area contributed by atoms with Crippen molar-refractivity contribution >= 4 is 5.71 Å². The molecule has 1 saturated heterocycles. The number of rotatable bonds is 3. The van der Waals surface area contributed by atoms with Crippen LogP contribution in [-0.2, 0) is 4.74 Å².